The van der Waals surface area contributed by atoms with Crippen LogP contribution in [0.3, 0.4) is 0 Å². The van der Waals surface area contributed by atoms with E-state index in [1.54, 1.807) is 26.8 Å². The maximum atomic E-state index is 12.0. The quantitative estimate of drug-likeness (QED) is 0.479. The summed E-state index contributed by atoms with van der Waals surface area (Å²) >= 11 is 1.55. The van der Waals surface area contributed by atoms with Crippen molar-refractivity contribution in [2.24, 2.45) is 4.40 Å². The summed E-state index contributed by atoms with van der Waals surface area (Å²) in [4.78, 5) is 3.93. The lowest BCUT2D eigenvalue weighted by molar-refractivity contribution is 0.561. The normalized spacial score (nSPS) is 18.6. The van der Waals surface area contributed by atoms with Gasteiger partial charge in [0.25, 0.3) is 0 Å². The second kappa shape index (κ2) is 5.29. The predicted octanol–water partition coefficient (Wildman–Crippen LogP) is 3.12. The summed E-state index contributed by atoms with van der Waals surface area (Å²) in [6.45, 7) is 2.80. The minimum atomic E-state index is -2.43. The van der Waals surface area contributed by atoms with Gasteiger partial charge in [0.15, 0.2) is 0 Å². The molecule has 0 aliphatic carbocycles. The van der Waals surface area contributed by atoms with Crippen LogP contribution in [-0.2, 0) is 11.4 Å². The summed E-state index contributed by atoms with van der Waals surface area (Å²) in [7, 11) is 0. The molecule has 0 aliphatic heterocycles. The van der Waals surface area contributed by atoms with E-state index in [0.29, 0.717) is 10.2 Å². The van der Waals surface area contributed by atoms with E-state index in [1.165, 1.54) is 12.3 Å². The first kappa shape index (κ1) is 9.62. The maximum absolute atomic E-state index is 12.0. The Balaban J connectivity index is 3.28. The van der Waals surface area contributed by atoms with Crippen LogP contribution >= 0.6 is 15.9 Å². The van der Waals surface area contributed by atoms with Crippen LogP contribution in [0.1, 0.15) is 37.3 Å². The van der Waals surface area contributed by atoms with Gasteiger partial charge in [0.1, 0.15) is 20.7 Å². The monoisotopic (exact) mass is 305 g/mol. The molecule has 1 rings (SSSR count). The molecule has 0 spiro atoms. The van der Waals surface area contributed by atoms with Gasteiger partial charge in [-0.3, -0.25) is 0 Å². The molecular formula is C11H15BrN2OS. The van der Waals surface area contributed by atoms with E-state index in [4.69, 9.17) is 4.11 Å². The van der Waals surface area contributed by atoms with E-state index in [0.717, 1.165) is 0 Å². The number of pyridine rings is 1. The van der Waals surface area contributed by atoms with Crippen molar-refractivity contribution in [2.45, 2.75) is 32.4 Å². The number of hydrogen-bond donors (Lipinski definition) is 0. The van der Waals surface area contributed by atoms with Crippen molar-refractivity contribution in [1.82, 2.24) is 4.98 Å². The summed E-state index contributed by atoms with van der Waals surface area (Å²) in [5.41, 5.74) is 0.225. The molecule has 0 saturated heterocycles. The highest BCUT2D eigenvalue weighted by atomic mass is 79.9. The third-order valence-electron chi connectivity index (χ3n) is 1.70. The molecule has 1 heterocycles. The van der Waals surface area contributed by atoms with Crippen molar-refractivity contribution in [3.63, 3.8) is 0 Å². The van der Waals surface area contributed by atoms with E-state index in [9.17, 15) is 4.55 Å². The van der Waals surface area contributed by atoms with Gasteiger partial charge in [-0.1, -0.05) is 4.40 Å². The van der Waals surface area contributed by atoms with Gasteiger partial charge >= 0.3 is 0 Å². The van der Waals surface area contributed by atoms with Gasteiger partial charge in [0.05, 0.1) is 5.71 Å². The highest BCUT2D eigenvalue weighted by Gasteiger charge is 2.26. The smallest absolute Gasteiger partial charge is 0.144 e. The molecule has 0 N–H and O–H groups in total. The maximum Gasteiger partial charge on any atom is 0.144 e. The topological polar surface area (TPSA) is 48.3 Å². The molecule has 0 aliphatic rings. The second-order valence-corrected chi connectivity index (χ2v) is 6.89. The average Bonchev–Trinajstić information content (AvgIpc) is 2.22. The Morgan fingerprint density at radius 1 is 1.62 bits per heavy atom. The number of nitrogens with zero attached hydrogens (tertiary/aromatic N) is 2. The standard InChI is InChI=1S/C11H15BrN2OS/c1-8(14-16(15)11(2,3)4)9-5-6-13-10(12)7-9/h5-7H,1-4H3/b14-8+/t16-/m1/s1/i1D3. The van der Waals surface area contributed by atoms with Gasteiger partial charge in [-0.15, -0.1) is 0 Å². The highest BCUT2D eigenvalue weighted by Crippen LogP contribution is 2.18. The molecule has 88 valence electrons. The first-order valence-electron chi connectivity index (χ1n) is 6.15. The van der Waals surface area contributed by atoms with Gasteiger partial charge in [-0.05, 0) is 55.7 Å². The largest absolute Gasteiger partial charge is 0.591 e. The SMILES string of the molecule is [2H]C([2H])([2H])/C(=N\[S@+]([O-])C(C)(C)C)c1ccnc(Br)c1. The summed E-state index contributed by atoms with van der Waals surface area (Å²) in [6, 6.07) is 3.08. The highest BCUT2D eigenvalue weighted by molar-refractivity contribution is 9.10. The van der Waals surface area contributed by atoms with E-state index in [-0.39, 0.29) is 5.71 Å². The Morgan fingerprint density at radius 2 is 2.31 bits per heavy atom. The average molecular weight is 306 g/mol. The van der Waals surface area contributed by atoms with Crippen LogP contribution in [0, 0.1) is 0 Å². The lowest BCUT2D eigenvalue weighted by Crippen LogP contribution is -2.26. The van der Waals surface area contributed by atoms with Gasteiger partial charge < -0.3 is 4.55 Å². The minimum absolute atomic E-state index is 0.163. The van der Waals surface area contributed by atoms with Gasteiger partial charge in [0, 0.05) is 15.9 Å². The fourth-order valence-electron chi connectivity index (χ4n) is 0.822. The molecular weight excluding hydrogens is 288 g/mol. The summed E-state index contributed by atoms with van der Waals surface area (Å²) in [5.74, 6) is 0. The first-order valence-corrected chi connectivity index (χ1v) is 6.55. The second-order valence-electron chi connectivity index (χ2n) is 4.17. The van der Waals surface area contributed by atoms with Crippen molar-refractivity contribution >= 4 is 33.0 Å². The Bertz CT molecular complexity index is 486. The molecule has 1 aromatic heterocycles. The molecule has 0 bridgehead atoms. The van der Waals surface area contributed by atoms with Crippen LogP contribution in [0.5, 0.6) is 0 Å². The molecule has 0 unspecified atom stereocenters. The molecule has 0 aromatic carbocycles. The van der Waals surface area contributed by atoms with E-state index in [2.05, 4.69) is 25.3 Å². The van der Waals surface area contributed by atoms with E-state index in [1.807, 2.05) is 0 Å². The first-order chi connectivity index (χ1) is 8.51. The zero-order valence-corrected chi connectivity index (χ0v) is 11.7. The van der Waals surface area contributed by atoms with Crippen molar-refractivity contribution < 1.29 is 8.67 Å². The lowest BCUT2D eigenvalue weighted by Gasteiger charge is -2.18. The molecule has 0 amide bonds. The van der Waals surface area contributed by atoms with Crippen LogP contribution in [-0.4, -0.2) is 20.0 Å². The van der Waals surface area contributed by atoms with Gasteiger partial charge in [0.2, 0.25) is 0 Å². The number of rotatable bonds is 2. The van der Waals surface area contributed by atoms with Crippen LogP contribution in [0.15, 0.2) is 27.3 Å². The third-order valence-corrected chi connectivity index (χ3v) is 3.53. The fraction of sp³-hybridized carbons (Fsp3) is 0.455. The summed E-state index contributed by atoms with van der Waals surface area (Å²) in [5, 5.41) is 0. The van der Waals surface area contributed by atoms with Crippen LogP contribution in [0.2, 0.25) is 0 Å². The molecule has 1 aromatic rings. The Hall–Kier alpha value is -0.390. The van der Waals surface area contributed by atoms with Crippen LogP contribution in [0.4, 0.5) is 0 Å². The molecule has 0 radical (unpaired) electrons. The van der Waals surface area contributed by atoms with Crippen LogP contribution < -0.4 is 0 Å². The molecule has 0 saturated carbocycles. The molecule has 3 nitrogen and oxygen atoms in total. The van der Waals surface area contributed by atoms with E-state index >= 15 is 0 Å². The van der Waals surface area contributed by atoms with Gasteiger partial charge in [-0.25, -0.2) is 4.98 Å². The Labute approximate surface area is 112 Å². The van der Waals surface area contributed by atoms with Crippen molar-refractivity contribution in [3.8, 4) is 0 Å². The lowest BCUT2D eigenvalue weighted by atomic mass is 10.2. The summed E-state index contributed by atoms with van der Waals surface area (Å²) in [6.07, 6.45) is 1.47. The van der Waals surface area contributed by atoms with Crippen molar-refractivity contribution in [2.75, 3.05) is 0 Å². The summed E-state index contributed by atoms with van der Waals surface area (Å²) < 4.78 is 38.4. The van der Waals surface area contributed by atoms with Crippen molar-refractivity contribution in [1.29, 1.82) is 0 Å². The van der Waals surface area contributed by atoms with Crippen molar-refractivity contribution in [3.05, 3.63) is 28.5 Å². The Kier molecular flexibility index (Phi) is 3.18. The fourth-order valence-corrected chi connectivity index (χ4v) is 1.73. The molecule has 1 atom stereocenters. The third kappa shape index (κ3) is 3.88. The zero-order chi connectivity index (χ0) is 14.8. The van der Waals surface area contributed by atoms with Crippen LogP contribution in [0.25, 0.3) is 0 Å². The number of hydrogen-bond acceptors (Lipinski definition) is 3. The van der Waals surface area contributed by atoms with Gasteiger partial charge in [-0.2, -0.15) is 0 Å². The molecule has 0 fully saturated rings. The molecule has 5 heteroatoms. The predicted molar refractivity (Wildman–Crippen MR) is 72.0 cm³/mol. The van der Waals surface area contributed by atoms with E-state index < -0.39 is 23.0 Å². The number of aromatic nitrogens is 1. The number of halogens is 1. The zero-order valence-electron chi connectivity index (χ0n) is 12.3. The minimum Gasteiger partial charge on any atom is -0.591 e. The Morgan fingerprint density at radius 3 is 2.81 bits per heavy atom. The molecule has 16 heavy (non-hydrogen) atoms.